The number of hydrogen-bond donors (Lipinski definition) is 0. The molecule has 0 saturated carbocycles. The second-order valence-corrected chi connectivity index (χ2v) is 20.2. The lowest BCUT2D eigenvalue weighted by molar-refractivity contribution is 0.660. The Morgan fingerprint density at radius 2 is 0.645 bits per heavy atom. The number of hydrogen-bond acceptors (Lipinski definition) is 4. The minimum absolute atomic E-state index is 0.178. The highest BCUT2D eigenvalue weighted by Gasteiger charge is 2.38. The number of fused-ring (bicyclic) bond motifs is 10. The Morgan fingerprint density at radius 3 is 1.00 bits per heavy atom. The van der Waals surface area contributed by atoms with E-state index in [1.165, 1.54) is 109 Å². The summed E-state index contributed by atoms with van der Waals surface area (Å²) in [6.07, 6.45) is 0. The second kappa shape index (κ2) is 12.9. The van der Waals surface area contributed by atoms with E-state index in [1.54, 1.807) is 22.7 Å². The first kappa shape index (κ1) is 36.0. The minimum Gasteiger partial charge on any atom is -0.236 e. The normalized spacial score (nSPS) is 14.4. The molecule has 294 valence electrons. The van der Waals surface area contributed by atoms with Crippen molar-refractivity contribution < 1.29 is 0 Å². The molecule has 13 rings (SSSR count). The van der Waals surface area contributed by atoms with Gasteiger partial charge in [-0.1, -0.05) is 149 Å². The zero-order valence-corrected chi connectivity index (χ0v) is 36.5. The maximum Gasteiger partial charge on any atom is 0.124 e. The van der Waals surface area contributed by atoms with Gasteiger partial charge in [0.05, 0.1) is 20.4 Å². The van der Waals surface area contributed by atoms with Gasteiger partial charge in [0, 0.05) is 22.0 Å². The van der Waals surface area contributed by atoms with Gasteiger partial charge in [0.2, 0.25) is 0 Å². The van der Waals surface area contributed by atoms with E-state index in [9.17, 15) is 0 Å². The van der Waals surface area contributed by atoms with Crippen molar-refractivity contribution in [3.8, 4) is 65.6 Å². The summed E-state index contributed by atoms with van der Waals surface area (Å²) in [5.41, 5.74) is 20.0. The summed E-state index contributed by atoms with van der Waals surface area (Å²) in [5, 5.41) is 7.25. The Balaban J connectivity index is 0.926. The molecule has 0 atom stereocenters. The summed E-state index contributed by atoms with van der Waals surface area (Å²) < 4.78 is 2.45. The van der Waals surface area contributed by atoms with Crippen LogP contribution < -0.4 is 0 Å². The van der Waals surface area contributed by atoms with Crippen molar-refractivity contribution in [2.24, 2.45) is 0 Å². The average molecular weight is 829 g/mol. The van der Waals surface area contributed by atoms with Crippen molar-refractivity contribution in [1.82, 2.24) is 9.97 Å². The molecule has 0 spiro atoms. The first-order chi connectivity index (χ1) is 30.2. The molecular formula is C58H40N2S2. The van der Waals surface area contributed by atoms with E-state index in [0.29, 0.717) is 0 Å². The molecule has 2 aromatic heterocycles. The predicted octanol–water partition coefficient (Wildman–Crippen LogP) is 16.5. The molecule has 0 bridgehead atoms. The molecule has 0 unspecified atom stereocenters. The van der Waals surface area contributed by atoms with Crippen LogP contribution in [0.15, 0.2) is 170 Å². The van der Waals surface area contributed by atoms with Crippen molar-refractivity contribution in [3.63, 3.8) is 0 Å². The van der Waals surface area contributed by atoms with Gasteiger partial charge in [-0.25, -0.2) is 9.97 Å². The molecule has 2 heterocycles. The fourth-order valence-electron chi connectivity index (χ4n) is 10.8. The Morgan fingerprint density at radius 1 is 0.339 bits per heavy atom. The highest BCUT2D eigenvalue weighted by atomic mass is 32.1. The number of benzene rings is 9. The predicted molar refractivity (Wildman–Crippen MR) is 265 cm³/mol. The van der Waals surface area contributed by atoms with Crippen LogP contribution in [-0.4, -0.2) is 9.97 Å². The zero-order valence-electron chi connectivity index (χ0n) is 34.9. The average Bonchev–Trinajstić information content (AvgIpc) is 4.05. The molecule has 0 saturated heterocycles. The lowest BCUT2D eigenvalue weighted by atomic mass is 9.79. The van der Waals surface area contributed by atoms with E-state index in [4.69, 9.17) is 9.97 Å². The maximum atomic E-state index is 5.02. The monoisotopic (exact) mass is 828 g/mol. The molecule has 4 heteroatoms. The quantitative estimate of drug-likeness (QED) is 0.165. The summed E-state index contributed by atoms with van der Waals surface area (Å²) in [4.78, 5) is 10.0. The molecule has 0 amide bonds. The van der Waals surface area contributed by atoms with Gasteiger partial charge >= 0.3 is 0 Å². The van der Waals surface area contributed by atoms with Crippen LogP contribution in [0.5, 0.6) is 0 Å². The first-order valence-electron chi connectivity index (χ1n) is 21.5. The third kappa shape index (κ3) is 5.08. The van der Waals surface area contributed by atoms with Gasteiger partial charge in [0.25, 0.3) is 0 Å². The standard InChI is InChI=1S/C58H40N2S2/c1-57(2)45-29-33(21-25-37(45)39-27-23-35(31-47(39)57)55-59-49-17-9-11-19-51(49)61-55)53-41-13-5-7-15-43(41)54(44-16-8-6-14-42(44)53)34-22-26-38-40-28-24-36(32-48(40)58(3,4)46(38)30-34)56-60-50-18-10-12-20-52(50)62-56/h5-32H,1-4H3. The van der Waals surface area contributed by atoms with Gasteiger partial charge in [-0.3, -0.25) is 0 Å². The SMILES string of the molecule is CC1(C)c2cc(-c3nc4ccccc4s3)ccc2-c2ccc(-c3c4ccccc4c(-c4ccc5c(c4)C(C)(C)c4cc(-c6nc7ccccc7s6)ccc4-5)c4ccccc34)cc21. The Kier molecular flexibility index (Phi) is 7.49. The second-order valence-electron chi connectivity index (χ2n) is 18.1. The Hall–Kier alpha value is -6.72. The molecule has 62 heavy (non-hydrogen) atoms. The Labute approximate surface area is 368 Å². The molecule has 9 aromatic carbocycles. The van der Waals surface area contributed by atoms with Gasteiger partial charge in [0.15, 0.2) is 0 Å². The molecule has 0 aliphatic heterocycles. The van der Waals surface area contributed by atoms with Crippen LogP contribution in [0, 0.1) is 0 Å². The van der Waals surface area contributed by atoms with Gasteiger partial charge in [-0.2, -0.15) is 0 Å². The number of thiazole rings is 2. The topological polar surface area (TPSA) is 25.8 Å². The first-order valence-corrected chi connectivity index (χ1v) is 23.1. The molecule has 0 radical (unpaired) electrons. The lowest BCUT2D eigenvalue weighted by Crippen LogP contribution is -2.15. The van der Waals surface area contributed by atoms with Gasteiger partial charge in [-0.15, -0.1) is 22.7 Å². The van der Waals surface area contributed by atoms with Crippen LogP contribution >= 0.6 is 22.7 Å². The fourth-order valence-corrected chi connectivity index (χ4v) is 12.7. The van der Waals surface area contributed by atoms with Crippen LogP contribution in [0.2, 0.25) is 0 Å². The molecule has 11 aromatic rings. The van der Waals surface area contributed by atoms with Crippen molar-refractivity contribution >= 4 is 64.7 Å². The van der Waals surface area contributed by atoms with Crippen LogP contribution in [0.3, 0.4) is 0 Å². The van der Waals surface area contributed by atoms with E-state index in [1.807, 2.05) is 0 Å². The molecule has 2 aliphatic carbocycles. The third-order valence-electron chi connectivity index (χ3n) is 13.9. The summed E-state index contributed by atoms with van der Waals surface area (Å²) in [7, 11) is 0. The Bertz CT molecular complexity index is 3350. The molecule has 2 nitrogen and oxygen atoms in total. The van der Waals surface area contributed by atoms with Crippen molar-refractivity contribution in [1.29, 1.82) is 0 Å². The summed E-state index contributed by atoms with van der Waals surface area (Å²) >= 11 is 3.54. The summed E-state index contributed by atoms with van der Waals surface area (Å²) in [6, 6.07) is 63.4. The molecular weight excluding hydrogens is 789 g/mol. The van der Waals surface area contributed by atoms with Gasteiger partial charge in [0.1, 0.15) is 10.0 Å². The highest BCUT2D eigenvalue weighted by Crippen LogP contribution is 2.54. The number of para-hydroxylation sites is 2. The number of aromatic nitrogens is 2. The van der Waals surface area contributed by atoms with Crippen molar-refractivity contribution in [2.75, 3.05) is 0 Å². The van der Waals surface area contributed by atoms with Crippen LogP contribution in [0.25, 0.3) is 108 Å². The lowest BCUT2D eigenvalue weighted by Gasteiger charge is -2.24. The summed E-state index contributed by atoms with van der Waals surface area (Å²) in [5.74, 6) is 0. The van der Waals surface area contributed by atoms with Crippen LogP contribution in [0.4, 0.5) is 0 Å². The van der Waals surface area contributed by atoms with E-state index < -0.39 is 0 Å². The molecule has 2 aliphatic rings. The number of nitrogens with zero attached hydrogens (tertiary/aromatic N) is 2. The van der Waals surface area contributed by atoms with Gasteiger partial charge < -0.3 is 0 Å². The third-order valence-corrected chi connectivity index (χ3v) is 16.1. The number of rotatable bonds is 4. The summed E-state index contributed by atoms with van der Waals surface area (Å²) in [6.45, 7) is 9.55. The van der Waals surface area contributed by atoms with E-state index in [0.717, 1.165) is 21.0 Å². The highest BCUT2D eigenvalue weighted by molar-refractivity contribution is 7.22. The smallest absolute Gasteiger partial charge is 0.124 e. The van der Waals surface area contributed by atoms with Crippen LogP contribution in [0.1, 0.15) is 49.9 Å². The zero-order chi connectivity index (χ0) is 41.5. The van der Waals surface area contributed by atoms with Crippen molar-refractivity contribution in [3.05, 3.63) is 192 Å². The fraction of sp³-hybridized carbons (Fsp3) is 0.103. The molecule has 0 N–H and O–H groups in total. The van der Waals surface area contributed by atoms with E-state index >= 15 is 0 Å². The van der Waals surface area contributed by atoms with E-state index in [2.05, 4.69) is 198 Å². The largest absolute Gasteiger partial charge is 0.236 e. The van der Waals surface area contributed by atoms with Crippen molar-refractivity contribution in [2.45, 2.75) is 38.5 Å². The maximum absolute atomic E-state index is 5.02. The van der Waals surface area contributed by atoms with E-state index in [-0.39, 0.29) is 10.8 Å². The van der Waals surface area contributed by atoms with Crippen LogP contribution in [-0.2, 0) is 10.8 Å². The minimum atomic E-state index is -0.178. The van der Waals surface area contributed by atoms with Gasteiger partial charge in [-0.05, 0) is 137 Å². The molecule has 0 fully saturated rings.